The Bertz CT molecular complexity index is 940. The summed E-state index contributed by atoms with van der Waals surface area (Å²) in [6.07, 6.45) is 0. The summed E-state index contributed by atoms with van der Waals surface area (Å²) in [5, 5.41) is 2.80. The van der Waals surface area contributed by atoms with E-state index in [9.17, 15) is 13.6 Å². The first kappa shape index (κ1) is 16.8. The largest absolute Gasteiger partial charge is 0.461 e. The number of nitrogens with one attached hydrogen (secondary N) is 1. The monoisotopic (exact) mass is 347 g/mol. The van der Waals surface area contributed by atoms with Crippen LogP contribution in [0.5, 0.6) is 0 Å². The molecule has 0 fully saturated rings. The van der Waals surface area contributed by atoms with Gasteiger partial charge in [0.2, 0.25) is 0 Å². The van der Waals surface area contributed by atoms with Gasteiger partial charge >= 0.3 is 5.97 Å². The molecule has 3 rings (SSSR count). The molecule has 0 unspecified atom stereocenters. The quantitative estimate of drug-likeness (QED) is 0.688. The van der Waals surface area contributed by atoms with Crippen molar-refractivity contribution in [1.82, 2.24) is 4.98 Å². The molecule has 0 saturated heterocycles. The highest BCUT2D eigenvalue weighted by molar-refractivity contribution is 5.77. The fraction of sp³-hybridized carbons (Fsp3) is 0.176. The van der Waals surface area contributed by atoms with E-state index >= 15 is 0 Å². The lowest BCUT2D eigenvalue weighted by Crippen LogP contribution is -2.02. The van der Waals surface area contributed by atoms with E-state index in [1.54, 1.807) is 6.07 Å². The molecule has 0 amide bonds. The van der Waals surface area contributed by atoms with Crippen LogP contribution in [0.4, 0.5) is 20.5 Å². The number of nitrogens with two attached hydrogens (primary N) is 1. The van der Waals surface area contributed by atoms with Gasteiger partial charge in [0.15, 0.2) is 11.4 Å². The van der Waals surface area contributed by atoms with Crippen LogP contribution in [0.25, 0.3) is 11.1 Å². The molecule has 0 radical (unpaired) electrons. The summed E-state index contributed by atoms with van der Waals surface area (Å²) in [5.41, 5.74) is 7.01. The number of rotatable bonds is 5. The highest BCUT2D eigenvalue weighted by Crippen LogP contribution is 2.28. The number of hydrogen-bond acceptors (Lipinski definition) is 6. The van der Waals surface area contributed by atoms with Crippen LogP contribution in [0.1, 0.15) is 18.1 Å². The maximum absolute atomic E-state index is 14.4. The number of halogens is 2. The summed E-state index contributed by atoms with van der Waals surface area (Å²) >= 11 is 0. The van der Waals surface area contributed by atoms with Gasteiger partial charge < -0.3 is 20.2 Å². The predicted molar refractivity (Wildman–Crippen MR) is 87.0 cm³/mol. The standard InChI is InChI=1S/C17H15F2N3O3/c1-9(23)24-8-11-3-5-13-16(15(11)19)25-17(21-13)22-14-6-12(18)4-2-10(14)7-20/h2-6H,7-8,20H2,1H3,(H,21,22). The molecular weight excluding hydrogens is 332 g/mol. The van der Waals surface area contributed by atoms with Gasteiger partial charge in [-0.2, -0.15) is 4.98 Å². The Hall–Kier alpha value is -3.00. The van der Waals surface area contributed by atoms with Gasteiger partial charge in [-0.05, 0) is 23.8 Å². The number of ether oxygens (including phenoxy) is 1. The summed E-state index contributed by atoms with van der Waals surface area (Å²) < 4.78 is 38.1. The Labute approximate surface area is 141 Å². The first-order valence-electron chi connectivity index (χ1n) is 7.44. The number of anilines is 2. The summed E-state index contributed by atoms with van der Waals surface area (Å²) in [4.78, 5) is 15.0. The molecule has 3 N–H and O–H groups in total. The van der Waals surface area contributed by atoms with E-state index in [0.717, 1.165) is 0 Å². The van der Waals surface area contributed by atoms with Crippen LogP contribution in [0.15, 0.2) is 34.7 Å². The number of carbonyl (C=O) groups excluding carboxylic acids is 1. The summed E-state index contributed by atoms with van der Waals surface area (Å²) in [6, 6.07) is 7.08. The molecule has 2 aromatic carbocycles. The minimum atomic E-state index is -0.669. The number of nitrogens with zero attached hydrogens (tertiary/aromatic N) is 1. The molecule has 1 heterocycles. The van der Waals surface area contributed by atoms with Gasteiger partial charge in [0, 0.05) is 24.7 Å². The maximum atomic E-state index is 14.4. The van der Waals surface area contributed by atoms with Crippen LogP contribution in [-0.4, -0.2) is 11.0 Å². The molecule has 0 spiro atoms. The van der Waals surface area contributed by atoms with Crippen molar-refractivity contribution in [2.45, 2.75) is 20.1 Å². The van der Waals surface area contributed by atoms with Gasteiger partial charge in [-0.15, -0.1) is 0 Å². The zero-order valence-electron chi connectivity index (χ0n) is 13.3. The highest BCUT2D eigenvalue weighted by Gasteiger charge is 2.16. The summed E-state index contributed by atoms with van der Waals surface area (Å²) in [6.45, 7) is 1.21. The molecule has 6 nitrogen and oxygen atoms in total. The number of oxazole rings is 1. The number of aromatic nitrogens is 1. The molecular formula is C17H15F2N3O3. The molecule has 0 aliphatic rings. The van der Waals surface area contributed by atoms with Crippen molar-refractivity contribution in [3.63, 3.8) is 0 Å². The normalized spacial score (nSPS) is 10.9. The van der Waals surface area contributed by atoms with Crippen molar-refractivity contribution in [2.75, 3.05) is 5.32 Å². The minimum Gasteiger partial charge on any atom is -0.461 e. The van der Waals surface area contributed by atoms with Crippen molar-refractivity contribution in [3.8, 4) is 0 Å². The SMILES string of the molecule is CC(=O)OCc1ccc2nc(Nc3cc(F)ccc3CN)oc2c1F. The van der Waals surface area contributed by atoms with E-state index in [-0.39, 0.29) is 35.8 Å². The summed E-state index contributed by atoms with van der Waals surface area (Å²) in [5.74, 6) is -1.64. The van der Waals surface area contributed by atoms with Gasteiger partial charge in [0.05, 0.1) is 0 Å². The van der Waals surface area contributed by atoms with Crippen molar-refractivity contribution in [2.24, 2.45) is 5.73 Å². The maximum Gasteiger partial charge on any atom is 0.302 e. The molecule has 0 saturated carbocycles. The molecule has 0 aliphatic carbocycles. The number of benzene rings is 2. The number of hydrogen-bond donors (Lipinski definition) is 2. The second-order valence-electron chi connectivity index (χ2n) is 5.32. The van der Waals surface area contributed by atoms with Gasteiger partial charge in [-0.1, -0.05) is 12.1 Å². The van der Waals surface area contributed by atoms with Gasteiger partial charge in [-0.3, -0.25) is 4.79 Å². The lowest BCUT2D eigenvalue weighted by atomic mass is 10.2. The van der Waals surface area contributed by atoms with Crippen LogP contribution >= 0.6 is 0 Å². The Balaban J connectivity index is 1.92. The zero-order chi connectivity index (χ0) is 18.0. The van der Waals surface area contributed by atoms with Crippen LogP contribution in [0.2, 0.25) is 0 Å². The third kappa shape index (κ3) is 3.58. The highest BCUT2D eigenvalue weighted by atomic mass is 19.1. The van der Waals surface area contributed by atoms with E-state index in [1.165, 1.54) is 31.2 Å². The molecule has 3 aromatic rings. The van der Waals surface area contributed by atoms with Crippen molar-refractivity contribution >= 4 is 28.8 Å². The fourth-order valence-electron chi connectivity index (χ4n) is 2.30. The molecule has 0 atom stereocenters. The average Bonchev–Trinajstić information content (AvgIpc) is 2.98. The Morgan fingerprint density at radius 2 is 2.04 bits per heavy atom. The first-order valence-corrected chi connectivity index (χ1v) is 7.44. The van der Waals surface area contributed by atoms with E-state index in [4.69, 9.17) is 14.9 Å². The number of carbonyl (C=O) groups is 1. The van der Waals surface area contributed by atoms with Gasteiger partial charge in [0.1, 0.15) is 17.9 Å². The van der Waals surface area contributed by atoms with Crippen molar-refractivity contribution < 1.29 is 22.7 Å². The molecule has 0 bridgehead atoms. The third-order valence-corrected chi connectivity index (χ3v) is 3.54. The van der Waals surface area contributed by atoms with Crippen molar-refractivity contribution in [1.29, 1.82) is 0 Å². The third-order valence-electron chi connectivity index (χ3n) is 3.54. The molecule has 8 heteroatoms. The van der Waals surface area contributed by atoms with Crippen LogP contribution in [0, 0.1) is 11.6 Å². The molecule has 0 aliphatic heterocycles. The van der Waals surface area contributed by atoms with E-state index in [2.05, 4.69) is 10.3 Å². The fourth-order valence-corrected chi connectivity index (χ4v) is 2.30. The molecule has 130 valence electrons. The zero-order valence-corrected chi connectivity index (χ0v) is 13.3. The second-order valence-corrected chi connectivity index (χ2v) is 5.32. The Morgan fingerprint density at radius 3 is 2.76 bits per heavy atom. The second kappa shape index (κ2) is 6.86. The van der Waals surface area contributed by atoms with E-state index in [0.29, 0.717) is 11.3 Å². The number of fused-ring (bicyclic) bond motifs is 1. The molecule has 1 aromatic heterocycles. The lowest BCUT2D eigenvalue weighted by molar-refractivity contribution is -0.142. The lowest BCUT2D eigenvalue weighted by Gasteiger charge is -2.07. The average molecular weight is 347 g/mol. The molecule has 25 heavy (non-hydrogen) atoms. The van der Waals surface area contributed by atoms with E-state index < -0.39 is 17.6 Å². The van der Waals surface area contributed by atoms with Gasteiger partial charge in [-0.25, -0.2) is 8.78 Å². The van der Waals surface area contributed by atoms with Crippen LogP contribution in [0.3, 0.4) is 0 Å². The number of esters is 1. The summed E-state index contributed by atoms with van der Waals surface area (Å²) in [7, 11) is 0. The predicted octanol–water partition coefficient (Wildman–Crippen LogP) is 3.37. The van der Waals surface area contributed by atoms with E-state index in [1.807, 2.05) is 0 Å². The Kier molecular flexibility index (Phi) is 4.62. The van der Waals surface area contributed by atoms with Crippen LogP contribution < -0.4 is 11.1 Å². The van der Waals surface area contributed by atoms with Crippen LogP contribution in [-0.2, 0) is 22.7 Å². The van der Waals surface area contributed by atoms with Gasteiger partial charge in [0.25, 0.3) is 6.01 Å². The van der Waals surface area contributed by atoms with Crippen molar-refractivity contribution in [3.05, 3.63) is 53.1 Å². The minimum absolute atomic E-state index is 0.00108. The smallest absolute Gasteiger partial charge is 0.302 e. The Morgan fingerprint density at radius 1 is 1.28 bits per heavy atom. The first-order chi connectivity index (χ1) is 12.0. The topological polar surface area (TPSA) is 90.4 Å².